The molecule has 0 fully saturated rings. The summed E-state index contributed by atoms with van der Waals surface area (Å²) in [5.74, 6) is 0.173. The standard InChI is InChI=1S/C27H31FN8O3.ClH/c1-7-25(37)30-18-15-19(23(39-6)16-21(18)34(4)13-12-33(2)3)31-26-29-11-10-24(32-26)36-20-9-8-17(28)14-22(20)35(5)27(36)38;/h7-11,14-16H,1,12-13H2,2-6H3,(H,30,37)(H,29,31,32);1H. The quantitative estimate of drug-likeness (QED) is 0.279. The van der Waals surface area contributed by atoms with Crippen LogP contribution < -0.4 is 26.0 Å². The molecule has 1 amide bonds. The number of nitrogens with one attached hydrogen (secondary N) is 2. The molecule has 4 aromatic rings. The molecule has 0 aliphatic rings. The third kappa shape index (κ3) is 6.24. The van der Waals surface area contributed by atoms with Gasteiger partial charge in [-0.15, -0.1) is 12.4 Å². The first-order chi connectivity index (χ1) is 18.6. The number of nitrogens with zero attached hydrogens (tertiary/aromatic N) is 6. The predicted molar refractivity (Wildman–Crippen MR) is 158 cm³/mol. The second-order valence-corrected chi connectivity index (χ2v) is 9.16. The van der Waals surface area contributed by atoms with Crippen LogP contribution in [0.3, 0.4) is 0 Å². The summed E-state index contributed by atoms with van der Waals surface area (Å²) in [6, 6.07) is 9.25. The summed E-state index contributed by atoms with van der Waals surface area (Å²) in [7, 11) is 9.01. The first kappa shape index (κ1) is 30.1. The molecule has 0 aliphatic carbocycles. The Bertz CT molecular complexity index is 1600. The second kappa shape index (κ2) is 12.6. The molecule has 0 radical (unpaired) electrons. The number of fused-ring (bicyclic) bond motifs is 1. The van der Waals surface area contributed by atoms with Crippen molar-refractivity contribution in [2.45, 2.75) is 0 Å². The topological polar surface area (TPSA) is 110 Å². The number of hydrogen-bond donors (Lipinski definition) is 2. The summed E-state index contributed by atoms with van der Waals surface area (Å²) in [5.41, 5.74) is 2.34. The number of imidazole rings is 1. The van der Waals surface area contributed by atoms with Gasteiger partial charge in [-0.1, -0.05) is 6.58 Å². The average Bonchev–Trinajstić information content (AvgIpc) is 3.16. The largest absolute Gasteiger partial charge is 0.494 e. The smallest absolute Gasteiger partial charge is 0.334 e. The third-order valence-corrected chi connectivity index (χ3v) is 6.19. The molecular weight excluding hydrogens is 539 g/mol. The molecule has 2 N–H and O–H groups in total. The lowest BCUT2D eigenvalue weighted by Crippen LogP contribution is -2.29. The van der Waals surface area contributed by atoms with Gasteiger partial charge in [0.1, 0.15) is 17.4 Å². The molecule has 0 atom stereocenters. The fraction of sp³-hybridized carbons (Fsp3) is 0.259. The number of likely N-dealkylation sites (N-methyl/N-ethyl adjacent to an activating group) is 2. The zero-order chi connectivity index (χ0) is 28.3. The SMILES string of the molecule is C=CC(=O)Nc1cc(Nc2nccc(-n3c(=O)n(C)c4cc(F)ccc43)n2)c(OC)cc1N(C)CCN(C)C.Cl. The number of hydrogen-bond acceptors (Lipinski definition) is 8. The van der Waals surface area contributed by atoms with Crippen molar-refractivity contribution < 1.29 is 13.9 Å². The number of halogens is 2. The Kier molecular flexibility index (Phi) is 9.51. The van der Waals surface area contributed by atoms with Crippen molar-refractivity contribution in [1.29, 1.82) is 0 Å². The Morgan fingerprint density at radius 1 is 1.12 bits per heavy atom. The lowest BCUT2D eigenvalue weighted by molar-refractivity contribution is -0.111. The number of carbonyl (C=O) groups excluding carboxylic acids is 1. The van der Waals surface area contributed by atoms with E-state index in [4.69, 9.17) is 4.74 Å². The van der Waals surface area contributed by atoms with Gasteiger partial charge >= 0.3 is 5.69 Å². The molecule has 40 heavy (non-hydrogen) atoms. The van der Waals surface area contributed by atoms with Gasteiger partial charge < -0.3 is 25.2 Å². The number of aryl methyl sites for hydroxylation is 1. The van der Waals surface area contributed by atoms with Crippen LogP contribution in [0.1, 0.15) is 0 Å². The van der Waals surface area contributed by atoms with E-state index in [-0.39, 0.29) is 30.0 Å². The Hall–Kier alpha value is -4.42. The number of ether oxygens (including phenoxy) is 1. The number of carbonyl (C=O) groups is 1. The Morgan fingerprint density at radius 2 is 1.88 bits per heavy atom. The van der Waals surface area contributed by atoms with Gasteiger partial charge in [0.05, 0.1) is 35.2 Å². The number of anilines is 4. The minimum absolute atomic E-state index is 0. The van der Waals surface area contributed by atoms with Gasteiger partial charge in [-0.25, -0.2) is 18.7 Å². The van der Waals surface area contributed by atoms with E-state index >= 15 is 0 Å². The zero-order valence-corrected chi connectivity index (χ0v) is 23.8. The maximum atomic E-state index is 13.8. The van der Waals surface area contributed by atoms with Crippen LogP contribution in [0.5, 0.6) is 5.75 Å². The number of amides is 1. The zero-order valence-electron chi connectivity index (χ0n) is 22.9. The van der Waals surface area contributed by atoms with E-state index in [1.165, 1.54) is 46.7 Å². The van der Waals surface area contributed by atoms with Crippen molar-refractivity contribution in [3.05, 3.63) is 71.6 Å². The Morgan fingerprint density at radius 3 is 2.55 bits per heavy atom. The summed E-state index contributed by atoms with van der Waals surface area (Å²) in [6.45, 7) is 5.05. The van der Waals surface area contributed by atoms with E-state index in [1.807, 2.05) is 32.1 Å². The first-order valence-corrected chi connectivity index (χ1v) is 12.1. The molecule has 11 nitrogen and oxygen atoms in total. The normalized spacial score (nSPS) is 10.8. The summed E-state index contributed by atoms with van der Waals surface area (Å²) >= 11 is 0. The van der Waals surface area contributed by atoms with Crippen LogP contribution in [-0.4, -0.2) is 71.3 Å². The highest BCUT2D eigenvalue weighted by molar-refractivity contribution is 6.02. The number of benzene rings is 2. The highest BCUT2D eigenvalue weighted by Gasteiger charge is 2.18. The minimum atomic E-state index is -0.442. The van der Waals surface area contributed by atoms with E-state index in [9.17, 15) is 14.0 Å². The van der Waals surface area contributed by atoms with Gasteiger partial charge in [0.2, 0.25) is 11.9 Å². The molecule has 0 spiro atoms. The van der Waals surface area contributed by atoms with Crippen molar-refractivity contribution in [2.75, 3.05) is 56.9 Å². The van der Waals surface area contributed by atoms with Crippen molar-refractivity contribution in [3.63, 3.8) is 0 Å². The van der Waals surface area contributed by atoms with Crippen LogP contribution in [0.2, 0.25) is 0 Å². The molecule has 2 aromatic carbocycles. The predicted octanol–water partition coefficient (Wildman–Crippen LogP) is 3.55. The maximum Gasteiger partial charge on any atom is 0.334 e. The monoisotopic (exact) mass is 570 g/mol. The molecule has 2 heterocycles. The molecule has 212 valence electrons. The van der Waals surface area contributed by atoms with Gasteiger partial charge in [-0.05, 0) is 44.4 Å². The molecule has 0 saturated carbocycles. The van der Waals surface area contributed by atoms with E-state index < -0.39 is 5.82 Å². The molecule has 4 rings (SSSR count). The van der Waals surface area contributed by atoms with Crippen LogP contribution in [0.15, 0.2) is 60.0 Å². The minimum Gasteiger partial charge on any atom is -0.494 e. The number of aromatic nitrogens is 4. The maximum absolute atomic E-state index is 13.8. The van der Waals surface area contributed by atoms with Crippen molar-refractivity contribution in [3.8, 4) is 11.6 Å². The molecule has 0 unspecified atom stereocenters. The molecule has 13 heteroatoms. The molecular formula is C27H32ClFN8O3. The van der Waals surface area contributed by atoms with Gasteiger partial charge in [0, 0.05) is 45.5 Å². The first-order valence-electron chi connectivity index (χ1n) is 12.1. The average molecular weight is 571 g/mol. The molecule has 2 aromatic heterocycles. The summed E-state index contributed by atoms with van der Waals surface area (Å²) in [5, 5.41) is 5.98. The fourth-order valence-corrected chi connectivity index (χ4v) is 4.09. The number of methoxy groups -OCH3 is 1. The Labute approximate surface area is 237 Å². The summed E-state index contributed by atoms with van der Waals surface area (Å²) in [6.07, 6.45) is 2.71. The van der Waals surface area contributed by atoms with Gasteiger partial charge in [0.15, 0.2) is 0 Å². The lowest BCUT2D eigenvalue weighted by Gasteiger charge is -2.26. The van der Waals surface area contributed by atoms with Crippen molar-refractivity contribution in [1.82, 2.24) is 24.0 Å². The van der Waals surface area contributed by atoms with E-state index in [0.717, 1.165) is 12.2 Å². The van der Waals surface area contributed by atoms with Crippen molar-refractivity contribution >= 4 is 52.4 Å². The summed E-state index contributed by atoms with van der Waals surface area (Å²) in [4.78, 5) is 38.1. The third-order valence-electron chi connectivity index (χ3n) is 6.19. The highest BCUT2D eigenvalue weighted by Crippen LogP contribution is 2.38. The van der Waals surface area contributed by atoms with Crippen molar-refractivity contribution in [2.24, 2.45) is 7.05 Å². The molecule has 0 saturated heterocycles. The lowest BCUT2D eigenvalue weighted by atomic mass is 10.2. The van der Waals surface area contributed by atoms with Gasteiger partial charge in [-0.3, -0.25) is 9.36 Å². The second-order valence-electron chi connectivity index (χ2n) is 9.16. The Balaban J connectivity index is 0.00000441. The number of rotatable bonds is 10. The van der Waals surface area contributed by atoms with E-state index in [2.05, 4.69) is 32.1 Å². The van der Waals surface area contributed by atoms with Gasteiger partial charge in [0.25, 0.3) is 0 Å². The van der Waals surface area contributed by atoms with Crippen LogP contribution in [-0.2, 0) is 11.8 Å². The molecule has 0 aliphatic heterocycles. The van der Waals surface area contributed by atoms with E-state index in [1.54, 1.807) is 19.2 Å². The van der Waals surface area contributed by atoms with Crippen LogP contribution >= 0.6 is 12.4 Å². The van der Waals surface area contributed by atoms with Crippen LogP contribution in [0.4, 0.5) is 27.4 Å². The summed E-state index contributed by atoms with van der Waals surface area (Å²) < 4.78 is 22.2. The van der Waals surface area contributed by atoms with E-state index in [0.29, 0.717) is 40.5 Å². The highest BCUT2D eigenvalue weighted by atomic mass is 35.5. The van der Waals surface area contributed by atoms with Crippen LogP contribution in [0, 0.1) is 5.82 Å². The van der Waals surface area contributed by atoms with Crippen LogP contribution in [0.25, 0.3) is 16.9 Å². The van der Waals surface area contributed by atoms with Gasteiger partial charge in [-0.2, -0.15) is 4.98 Å². The fourth-order valence-electron chi connectivity index (χ4n) is 4.09. The molecule has 0 bridgehead atoms.